The van der Waals surface area contributed by atoms with Gasteiger partial charge < -0.3 is 5.73 Å². The minimum absolute atomic E-state index is 0.454. The lowest BCUT2D eigenvalue weighted by atomic mass is 9.97. The van der Waals surface area contributed by atoms with Crippen LogP contribution in [0.15, 0.2) is 0 Å². The summed E-state index contributed by atoms with van der Waals surface area (Å²) in [5.74, 6) is 2.95. The number of fused-ring (bicyclic) bond motifs is 1. The lowest BCUT2D eigenvalue weighted by Gasteiger charge is -2.08. The number of hydrogen-bond donors (Lipinski definition) is 1. The number of nitrogens with zero attached hydrogens (tertiary/aromatic N) is 2. The number of hydrogen-bond acceptors (Lipinski definition) is 3. The van der Waals surface area contributed by atoms with Gasteiger partial charge in [-0.05, 0) is 31.6 Å². The third-order valence-electron chi connectivity index (χ3n) is 4.58. The second kappa shape index (κ2) is 3.59. The highest BCUT2D eigenvalue weighted by molar-refractivity contribution is 5.81. The number of aryl methyl sites for hydroxylation is 1. The van der Waals surface area contributed by atoms with Gasteiger partial charge in [0.05, 0.1) is 5.69 Å². The van der Waals surface area contributed by atoms with Gasteiger partial charge in [0.2, 0.25) is 0 Å². The van der Waals surface area contributed by atoms with Crippen molar-refractivity contribution >= 4 is 11.6 Å². The Morgan fingerprint density at radius 3 is 2.35 bits per heavy atom. The molecule has 2 atom stereocenters. The van der Waals surface area contributed by atoms with E-state index in [-0.39, 0.29) is 0 Å². The highest BCUT2D eigenvalue weighted by atomic mass is 16.1. The fourth-order valence-electron chi connectivity index (χ4n) is 3.66. The zero-order valence-corrected chi connectivity index (χ0v) is 10.4. The monoisotopic (exact) mass is 233 g/mol. The van der Waals surface area contributed by atoms with Crippen LogP contribution >= 0.6 is 0 Å². The number of nitrogen functional groups attached to an aromatic ring is 1. The van der Waals surface area contributed by atoms with Crippen molar-refractivity contribution < 1.29 is 4.79 Å². The van der Waals surface area contributed by atoms with E-state index in [4.69, 9.17) is 5.73 Å². The Hall–Kier alpha value is -1.32. The summed E-state index contributed by atoms with van der Waals surface area (Å²) in [4.78, 5) is 11.4. The number of carbonyl (C=O) groups excluding carboxylic acids is 1. The zero-order chi connectivity index (χ0) is 12.2. The lowest BCUT2D eigenvalue weighted by molar-refractivity contribution is -0.117. The van der Waals surface area contributed by atoms with E-state index in [1.807, 2.05) is 7.05 Å². The Morgan fingerprint density at radius 1 is 1.29 bits per heavy atom. The van der Waals surface area contributed by atoms with E-state index < -0.39 is 0 Å². The summed E-state index contributed by atoms with van der Waals surface area (Å²) in [6.45, 7) is 2.05. The quantitative estimate of drug-likeness (QED) is 0.804. The first kappa shape index (κ1) is 10.8. The molecule has 2 unspecified atom stereocenters. The molecule has 0 bridgehead atoms. The summed E-state index contributed by atoms with van der Waals surface area (Å²) >= 11 is 0. The molecule has 1 aromatic heterocycles. The fourth-order valence-corrected chi connectivity index (χ4v) is 3.66. The predicted molar refractivity (Wildman–Crippen MR) is 65.6 cm³/mol. The molecule has 4 nitrogen and oxygen atoms in total. The fraction of sp³-hybridized carbons (Fsp3) is 0.692. The average Bonchev–Trinajstić information content (AvgIpc) is 2.86. The second-order valence-corrected chi connectivity index (χ2v) is 5.65. The van der Waals surface area contributed by atoms with Crippen LogP contribution in [0.5, 0.6) is 0 Å². The lowest BCUT2D eigenvalue weighted by Crippen LogP contribution is -2.01. The highest BCUT2D eigenvalue weighted by Crippen LogP contribution is 2.49. The van der Waals surface area contributed by atoms with Gasteiger partial charge in [-0.2, -0.15) is 5.10 Å². The average molecular weight is 233 g/mol. The Labute approximate surface area is 101 Å². The van der Waals surface area contributed by atoms with E-state index in [9.17, 15) is 4.79 Å². The van der Waals surface area contributed by atoms with Gasteiger partial charge in [-0.15, -0.1) is 0 Å². The van der Waals surface area contributed by atoms with Crippen LogP contribution in [-0.2, 0) is 11.8 Å². The number of carbonyl (C=O) groups is 1. The number of nitrogens with two attached hydrogens (primary N) is 1. The number of ketones is 1. The summed E-state index contributed by atoms with van der Waals surface area (Å²) in [5, 5.41) is 4.54. The van der Waals surface area contributed by atoms with Gasteiger partial charge in [0.1, 0.15) is 11.6 Å². The molecule has 4 heteroatoms. The van der Waals surface area contributed by atoms with Crippen LogP contribution < -0.4 is 5.73 Å². The molecule has 0 aliphatic heterocycles. The molecule has 0 saturated heterocycles. The molecule has 2 aliphatic rings. The number of rotatable bonds is 1. The summed E-state index contributed by atoms with van der Waals surface area (Å²) in [5.41, 5.74) is 8.24. The topological polar surface area (TPSA) is 60.9 Å². The van der Waals surface area contributed by atoms with Crippen LogP contribution in [0.1, 0.15) is 42.9 Å². The van der Waals surface area contributed by atoms with Crippen molar-refractivity contribution in [3.8, 4) is 0 Å². The SMILES string of the molecule is Cc1c(C2CC3CC(=O)CC3C2)nn(C)c1N. The first-order valence-electron chi connectivity index (χ1n) is 6.37. The van der Waals surface area contributed by atoms with Crippen LogP contribution in [0.3, 0.4) is 0 Å². The molecular weight excluding hydrogens is 214 g/mol. The minimum atomic E-state index is 0.454. The van der Waals surface area contributed by atoms with E-state index >= 15 is 0 Å². The Balaban J connectivity index is 1.84. The van der Waals surface area contributed by atoms with Crippen molar-refractivity contribution in [3.05, 3.63) is 11.3 Å². The number of anilines is 1. The number of aromatic nitrogens is 2. The Bertz CT molecular complexity index is 461. The standard InChI is InChI=1S/C13H19N3O/c1-7-12(15-16(2)13(7)14)10-3-8-5-11(17)6-9(8)4-10/h8-10H,3-6,14H2,1-2H3. The van der Waals surface area contributed by atoms with Crippen molar-refractivity contribution in [2.24, 2.45) is 18.9 Å². The van der Waals surface area contributed by atoms with Gasteiger partial charge in [-0.25, -0.2) is 0 Å². The molecule has 17 heavy (non-hydrogen) atoms. The summed E-state index contributed by atoms with van der Waals surface area (Å²) < 4.78 is 1.77. The Kier molecular flexibility index (Phi) is 2.28. The molecule has 0 amide bonds. The molecule has 1 aromatic rings. The van der Waals surface area contributed by atoms with E-state index in [1.165, 1.54) is 0 Å². The van der Waals surface area contributed by atoms with Crippen molar-refractivity contribution in [3.63, 3.8) is 0 Å². The highest BCUT2D eigenvalue weighted by Gasteiger charge is 2.42. The molecule has 2 saturated carbocycles. The molecule has 3 rings (SSSR count). The molecule has 0 aromatic carbocycles. The van der Waals surface area contributed by atoms with Crippen molar-refractivity contribution in [2.45, 2.75) is 38.5 Å². The van der Waals surface area contributed by atoms with Crippen LogP contribution in [0.2, 0.25) is 0 Å². The Morgan fingerprint density at radius 2 is 1.88 bits per heavy atom. The smallest absolute Gasteiger partial charge is 0.133 e. The van der Waals surface area contributed by atoms with Crippen molar-refractivity contribution in [1.29, 1.82) is 0 Å². The van der Waals surface area contributed by atoms with Crippen molar-refractivity contribution in [1.82, 2.24) is 9.78 Å². The molecule has 2 N–H and O–H groups in total. The maximum atomic E-state index is 11.4. The molecular formula is C13H19N3O. The van der Waals surface area contributed by atoms with Crippen LogP contribution in [-0.4, -0.2) is 15.6 Å². The van der Waals surface area contributed by atoms with Crippen LogP contribution in [0.4, 0.5) is 5.82 Å². The van der Waals surface area contributed by atoms with Gasteiger partial charge in [0.25, 0.3) is 0 Å². The van der Waals surface area contributed by atoms with E-state index in [1.54, 1.807) is 4.68 Å². The van der Waals surface area contributed by atoms with E-state index in [0.29, 0.717) is 23.5 Å². The van der Waals surface area contributed by atoms with Gasteiger partial charge in [0.15, 0.2) is 0 Å². The summed E-state index contributed by atoms with van der Waals surface area (Å²) in [6.07, 6.45) is 3.83. The van der Waals surface area contributed by atoms with Crippen LogP contribution in [0.25, 0.3) is 0 Å². The van der Waals surface area contributed by atoms with Gasteiger partial charge in [0, 0.05) is 31.4 Å². The molecule has 2 fully saturated rings. The third kappa shape index (κ3) is 1.58. The molecule has 2 aliphatic carbocycles. The molecule has 0 spiro atoms. The van der Waals surface area contributed by atoms with Crippen LogP contribution in [0, 0.1) is 18.8 Å². The second-order valence-electron chi connectivity index (χ2n) is 5.65. The first-order valence-corrected chi connectivity index (χ1v) is 6.37. The van der Waals surface area contributed by atoms with Gasteiger partial charge in [-0.3, -0.25) is 9.48 Å². The molecule has 1 heterocycles. The summed E-state index contributed by atoms with van der Waals surface area (Å²) in [6, 6.07) is 0. The minimum Gasteiger partial charge on any atom is -0.384 e. The van der Waals surface area contributed by atoms with E-state index in [2.05, 4.69) is 12.0 Å². The number of Topliss-reactive ketones (excluding diaryl/α,β-unsaturated/α-hetero) is 1. The maximum absolute atomic E-state index is 11.4. The largest absolute Gasteiger partial charge is 0.384 e. The van der Waals surface area contributed by atoms with E-state index in [0.717, 1.165) is 42.8 Å². The molecule has 0 radical (unpaired) electrons. The summed E-state index contributed by atoms with van der Waals surface area (Å²) in [7, 11) is 1.89. The predicted octanol–water partition coefficient (Wildman–Crippen LogP) is 1.78. The van der Waals surface area contributed by atoms with Crippen molar-refractivity contribution in [2.75, 3.05) is 5.73 Å². The zero-order valence-electron chi connectivity index (χ0n) is 10.4. The first-order chi connectivity index (χ1) is 8.06. The molecule has 92 valence electrons. The maximum Gasteiger partial charge on any atom is 0.133 e. The van der Waals surface area contributed by atoms with Gasteiger partial charge in [-0.1, -0.05) is 0 Å². The third-order valence-corrected chi connectivity index (χ3v) is 4.58. The van der Waals surface area contributed by atoms with Gasteiger partial charge >= 0.3 is 0 Å². The normalized spacial score (nSPS) is 32.1.